The third-order valence-corrected chi connectivity index (χ3v) is 4.29. The second-order valence-electron chi connectivity index (χ2n) is 6.02. The van der Waals surface area contributed by atoms with E-state index in [0.29, 0.717) is 5.88 Å². The van der Waals surface area contributed by atoms with Crippen LogP contribution in [0.15, 0.2) is 0 Å². The Balaban J connectivity index is 2.00. The predicted octanol–water partition coefficient (Wildman–Crippen LogP) is 2.59. The molecule has 0 radical (unpaired) electrons. The number of hydrogen-bond donors (Lipinski definition) is 0. The third kappa shape index (κ3) is 4.04. The fraction of sp³-hybridized carbons (Fsp3) is 0.846. The van der Waals surface area contributed by atoms with Crippen LogP contribution in [0.4, 0.5) is 5.13 Å². The van der Waals surface area contributed by atoms with Crippen molar-refractivity contribution in [3.05, 3.63) is 5.82 Å². The second kappa shape index (κ2) is 6.37. The fourth-order valence-electron chi connectivity index (χ4n) is 2.15. The Morgan fingerprint density at radius 2 is 2.00 bits per heavy atom. The first-order valence-corrected chi connectivity index (χ1v) is 8.19. The maximum atomic E-state index is 5.82. The van der Waals surface area contributed by atoms with Gasteiger partial charge in [0.2, 0.25) is 5.13 Å². The van der Waals surface area contributed by atoms with Crippen LogP contribution < -0.4 is 4.90 Å². The van der Waals surface area contributed by atoms with E-state index in [9.17, 15) is 0 Å². The number of rotatable bonds is 3. The van der Waals surface area contributed by atoms with Gasteiger partial charge in [-0.05, 0) is 13.0 Å². The smallest absolute Gasteiger partial charge is 0.205 e. The van der Waals surface area contributed by atoms with E-state index in [-0.39, 0.29) is 5.41 Å². The summed E-state index contributed by atoms with van der Waals surface area (Å²) in [6.45, 7) is 11.7. The van der Waals surface area contributed by atoms with E-state index < -0.39 is 0 Å². The minimum absolute atomic E-state index is 0.0330. The van der Waals surface area contributed by atoms with Gasteiger partial charge >= 0.3 is 0 Å². The van der Waals surface area contributed by atoms with E-state index in [0.717, 1.165) is 43.7 Å². The molecular formula is C13H23ClN4S. The number of aromatic nitrogens is 2. The molecule has 1 aliphatic heterocycles. The summed E-state index contributed by atoms with van der Waals surface area (Å²) in [5, 5.41) is 1.07. The Bertz CT molecular complexity index is 402. The molecule has 4 nitrogen and oxygen atoms in total. The maximum absolute atomic E-state index is 5.82. The van der Waals surface area contributed by atoms with Crippen molar-refractivity contribution >= 4 is 28.3 Å². The molecule has 19 heavy (non-hydrogen) atoms. The highest BCUT2D eigenvalue weighted by Crippen LogP contribution is 2.25. The van der Waals surface area contributed by atoms with Gasteiger partial charge in [-0.15, -0.1) is 11.6 Å². The lowest BCUT2D eigenvalue weighted by Gasteiger charge is -2.20. The van der Waals surface area contributed by atoms with Gasteiger partial charge in [-0.25, -0.2) is 4.98 Å². The van der Waals surface area contributed by atoms with Crippen molar-refractivity contribution in [2.24, 2.45) is 0 Å². The summed E-state index contributed by atoms with van der Waals surface area (Å²) < 4.78 is 4.50. The van der Waals surface area contributed by atoms with E-state index in [1.54, 1.807) is 0 Å². The summed E-state index contributed by atoms with van der Waals surface area (Å²) in [6, 6.07) is 0. The number of hydrogen-bond acceptors (Lipinski definition) is 5. The standard InChI is InChI=1S/C13H23ClN4S/c1-13(2,3)11-15-12(19-16-11)18-7-4-6-17(8-5-14)9-10-18/h4-10H2,1-3H3. The van der Waals surface area contributed by atoms with Gasteiger partial charge in [0.15, 0.2) is 0 Å². The summed E-state index contributed by atoms with van der Waals surface area (Å²) >= 11 is 7.35. The molecule has 0 unspecified atom stereocenters. The van der Waals surface area contributed by atoms with Crippen LogP contribution in [0, 0.1) is 0 Å². The van der Waals surface area contributed by atoms with Crippen LogP contribution in [-0.2, 0) is 5.41 Å². The van der Waals surface area contributed by atoms with Gasteiger partial charge in [-0.2, -0.15) is 4.37 Å². The molecular weight excluding hydrogens is 280 g/mol. The zero-order valence-electron chi connectivity index (χ0n) is 12.0. The number of nitrogens with zero attached hydrogens (tertiary/aromatic N) is 4. The molecule has 1 aromatic rings. The SMILES string of the molecule is CC(C)(C)c1nsc(N2CCCN(CCCl)CC2)n1. The van der Waals surface area contributed by atoms with E-state index in [4.69, 9.17) is 16.6 Å². The molecule has 0 aliphatic carbocycles. The molecule has 0 spiro atoms. The van der Waals surface area contributed by atoms with E-state index in [1.807, 2.05) is 0 Å². The molecule has 2 rings (SSSR count). The Morgan fingerprint density at radius 3 is 2.63 bits per heavy atom. The average Bonchev–Trinajstić information content (AvgIpc) is 2.72. The normalized spacial score (nSPS) is 18.6. The highest BCUT2D eigenvalue weighted by Gasteiger charge is 2.23. The van der Waals surface area contributed by atoms with Gasteiger partial charge in [0.05, 0.1) is 0 Å². The molecule has 6 heteroatoms. The Hall–Kier alpha value is -0.390. The summed E-state index contributed by atoms with van der Waals surface area (Å²) in [5.74, 6) is 1.67. The van der Waals surface area contributed by atoms with Gasteiger partial charge in [0, 0.05) is 49.0 Å². The lowest BCUT2D eigenvalue weighted by molar-refractivity contribution is 0.311. The van der Waals surface area contributed by atoms with Crippen LogP contribution in [0.2, 0.25) is 0 Å². The maximum Gasteiger partial charge on any atom is 0.205 e. The predicted molar refractivity (Wildman–Crippen MR) is 82.6 cm³/mol. The summed E-state index contributed by atoms with van der Waals surface area (Å²) in [4.78, 5) is 9.50. The summed E-state index contributed by atoms with van der Waals surface area (Å²) in [7, 11) is 0. The topological polar surface area (TPSA) is 32.3 Å². The molecule has 0 bridgehead atoms. The highest BCUT2D eigenvalue weighted by molar-refractivity contribution is 7.09. The minimum atomic E-state index is 0.0330. The molecule has 1 fully saturated rings. The van der Waals surface area contributed by atoms with E-state index >= 15 is 0 Å². The Kier molecular flexibility index (Phi) is 5.03. The largest absolute Gasteiger partial charge is 0.346 e. The number of anilines is 1. The van der Waals surface area contributed by atoms with Gasteiger partial charge in [0.1, 0.15) is 5.82 Å². The molecule has 0 amide bonds. The zero-order valence-corrected chi connectivity index (χ0v) is 13.6. The lowest BCUT2D eigenvalue weighted by atomic mass is 9.96. The average molecular weight is 303 g/mol. The van der Waals surface area contributed by atoms with Crippen molar-refractivity contribution in [1.82, 2.24) is 14.3 Å². The van der Waals surface area contributed by atoms with Crippen molar-refractivity contribution in [1.29, 1.82) is 0 Å². The molecule has 0 aromatic carbocycles. The van der Waals surface area contributed by atoms with E-state index in [2.05, 4.69) is 34.9 Å². The molecule has 0 saturated carbocycles. The van der Waals surface area contributed by atoms with Crippen LogP contribution in [-0.4, -0.2) is 52.9 Å². The van der Waals surface area contributed by atoms with Gasteiger partial charge in [0.25, 0.3) is 0 Å². The van der Waals surface area contributed by atoms with Gasteiger partial charge in [-0.3, -0.25) is 0 Å². The molecule has 1 aromatic heterocycles. The van der Waals surface area contributed by atoms with Crippen molar-refractivity contribution < 1.29 is 0 Å². The molecule has 0 atom stereocenters. The highest BCUT2D eigenvalue weighted by atomic mass is 35.5. The Labute approximate surface area is 124 Å². The Morgan fingerprint density at radius 1 is 1.21 bits per heavy atom. The van der Waals surface area contributed by atoms with Gasteiger partial charge < -0.3 is 9.80 Å². The molecule has 1 aliphatic rings. The number of alkyl halides is 1. The summed E-state index contributed by atoms with van der Waals surface area (Å²) in [5.41, 5.74) is 0.0330. The van der Waals surface area contributed by atoms with Gasteiger partial charge in [-0.1, -0.05) is 20.8 Å². The zero-order chi connectivity index (χ0) is 13.9. The van der Waals surface area contributed by atoms with Crippen LogP contribution in [0.1, 0.15) is 33.0 Å². The van der Waals surface area contributed by atoms with Crippen LogP contribution >= 0.6 is 23.1 Å². The van der Waals surface area contributed by atoms with Crippen molar-refractivity contribution in [3.8, 4) is 0 Å². The molecule has 0 N–H and O–H groups in total. The van der Waals surface area contributed by atoms with Crippen LogP contribution in [0.3, 0.4) is 0 Å². The van der Waals surface area contributed by atoms with Crippen molar-refractivity contribution in [2.45, 2.75) is 32.6 Å². The molecule has 2 heterocycles. The first kappa shape index (κ1) is 15.0. The van der Waals surface area contributed by atoms with Crippen molar-refractivity contribution in [2.75, 3.05) is 43.5 Å². The minimum Gasteiger partial charge on any atom is -0.346 e. The first-order chi connectivity index (χ1) is 9.00. The first-order valence-electron chi connectivity index (χ1n) is 6.88. The van der Waals surface area contributed by atoms with E-state index in [1.165, 1.54) is 18.0 Å². The molecule has 1 saturated heterocycles. The summed E-state index contributed by atoms with van der Waals surface area (Å²) in [6.07, 6.45) is 1.17. The van der Waals surface area contributed by atoms with Crippen LogP contribution in [0.25, 0.3) is 0 Å². The number of halogens is 1. The third-order valence-electron chi connectivity index (χ3n) is 3.35. The quantitative estimate of drug-likeness (QED) is 0.803. The second-order valence-corrected chi connectivity index (χ2v) is 7.13. The van der Waals surface area contributed by atoms with Crippen LogP contribution in [0.5, 0.6) is 0 Å². The lowest BCUT2D eigenvalue weighted by Crippen LogP contribution is -2.31. The monoisotopic (exact) mass is 302 g/mol. The van der Waals surface area contributed by atoms with Crippen molar-refractivity contribution in [3.63, 3.8) is 0 Å². The molecule has 108 valence electrons. The fourth-order valence-corrected chi connectivity index (χ4v) is 3.30.